The predicted molar refractivity (Wildman–Crippen MR) is 107 cm³/mol. The standard InChI is InChI=1S/C21H32N4O2/c1-6-7-25-16(2)12-18(17(25)3)13-19(14-22)20(26)23-15-21(4,5)24-8-10-27-11-9-24/h12-13H,6-11,15H2,1-5H3,(H,23,26)/b19-13-. The highest BCUT2D eigenvalue weighted by molar-refractivity contribution is 6.01. The third kappa shape index (κ3) is 5.21. The van der Waals surface area contributed by atoms with Crippen LogP contribution in [0.1, 0.15) is 44.1 Å². The number of hydrogen-bond donors (Lipinski definition) is 1. The summed E-state index contributed by atoms with van der Waals surface area (Å²) in [6.45, 7) is 15.0. The van der Waals surface area contributed by atoms with Crippen LogP contribution in [0.4, 0.5) is 0 Å². The van der Waals surface area contributed by atoms with Gasteiger partial charge in [0.1, 0.15) is 11.6 Å². The summed E-state index contributed by atoms with van der Waals surface area (Å²) in [6, 6.07) is 4.10. The van der Waals surface area contributed by atoms with Crippen molar-refractivity contribution in [1.82, 2.24) is 14.8 Å². The van der Waals surface area contributed by atoms with Crippen molar-refractivity contribution in [2.24, 2.45) is 0 Å². The molecule has 1 aliphatic rings. The zero-order valence-corrected chi connectivity index (χ0v) is 17.3. The molecule has 2 rings (SSSR count). The van der Waals surface area contributed by atoms with Gasteiger partial charge in [-0.25, -0.2) is 0 Å². The summed E-state index contributed by atoms with van der Waals surface area (Å²) in [5, 5.41) is 12.4. The molecule has 0 spiro atoms. The molecule has 1 amide bonds. The maximum atomic E-state index is 12.6. The summed E-state index contributed by atoms with van der Waals surface area (Å²) in [5.74, 6) is -0.320. The second-order valence-electron chi connectivity index (χ2n) is 7.74. The second-order valence-corrected chi connectivity index (χ2v) is 7.74. The minimum atomic E-state index is -0.320. The summed E-state index contributed by atoms with van der Waals surface area (Å²) in [5.41, 5.74) is 3.12. The Balaban J connectivity index is 2.08. The van der Waals surface area contributed by atoms with Crippen molar-refractivity contribution in [2.45, 2.75) is 53.1 Å². The number of nitriles is 1. The van der Waals surface area contributed by atoms with Gasteiger partial charge in [0.25, 0.3) is 5.91 Å². The zero-order chi connectivity index (χ0) is 20.0. The molecule has 2 heterocycles. The monoisotopic (exact) mass is 372 g/mol. The molecule has 1 aromatic rings. The van der Waals surface area contributed by atoms with Gasteiger partial charge in [-0.3, -0.25) is 9.69 Å². The van der Waals surface area contributed by atoms with E-state index >= 15 is 0 Å². The lowest BCUT2D eigenvalue weighted by molar-refractivity contribution is -0.117. The van der Waals surface area contributed by atoms with Crippen LogP contribution < -0.4 is 5.32 Å². The molecular weight excluding hydrogens is 340 g/mol. The van der Waals surface area contributed by atoms with Gasteiger partial charge in [0.05, 0.1) is 13.2 Å². The summed E-state index contributed by atoms with van der Waals surface area (Å²) in [4.78, 5) is 14.9. The molecule has 0 unspecified atom stereocenters. The highest BCUT2D eigenvalue weighted by Crippen LogP contribution is 2.19. The van der Waals surface area contributed by atoms with Crippen LogP contribution in [-0.2, 0) is 16.1 Å². The third-order valence-electron chi connectivity index (χ3n) is 5.27. The van der Waals surface area contributed by atoms with Crippen LogP contribution in [0.5, 0.6) is 0 Å². The van der Waals surface area contributed by atoms with E-state index in [0.717, 1.165) is 43.0 Å². The number of hydrogen-bond acceptors (Lipinski definition) is 4. The van der Waals surface area contributed by atoms with Crippen molar-refractivity contribution in [2.75, 3.05) is 32.8 Å². The number of aromatic nitrogens is 1. The van der Waals surface area contributed by atoms with E-state index in [2.05, 4.69) is 48.5 Å². The number of amides is 1. The van der Waals surface area contributed by atoms with E-state index in [4.69, 9.17) is 4.74 Å². The first-order chi connectivity index (χ1) is 12.8. The number of nitrogens with zero attached hydrogens (tertiary/aromatic N) is 3. The smallest absolute Gasteiger partial charge is 0.262 e. The molecule has 6 heteroatoms. The van der Waals surface area contributed by atoms with Crippen molar-refractivity contribution in [3.63, 3.8) is 0 Å². The van der Waals surface area contributed by atoms with Crippen LogP contribution in [0.15, 0.2) is 11.6 Å². The van der Waals surface area contributed by atoms with Gasteiger partial charge in [-0.05, 0) is 51.8 Å². The first-order valence-corrected chi connectivity index (χ1v) is 9.69. The number of aryl methyl sites for hydroxylation is 1. The van der Waals surface area contributed by atoms with Crippen molar-refractivity contribution >= 4 is 12.0 Å². The lowest BCUT2D eigenvalue weighted by atomic mass is 10.0. The van der Waals surface area contributed by atoms with Gasteiger partial charge in [0, 0.05) is 43.1 Å². The van der Waals surface area contributed by atoms with Crippen molar-refractivity contribution < 1.29 is 9.53 Å². The summed E-state index contributed by atoms with van der Waals surface area (Å²) in [6.07, 6.45) is 2.74. The summed E-state index contributed by atoms with van der Waals surface area (Å²) >= 11 is 0. The Morgan fingerprint density at radius 3 is 2.63 bits per heavy atom. The van der Waals surface area contributed by atoms with Crippen LogP contribution in [0.3, 0.4) is 0 Å². The Morgan fingerprint density at radius 2 is 2.04 bits per heavy atom. The van der Waals surface area contributed by atoms with Crippen LogP contribution in [0.25, 0.3) is 6.08 Å². The Bertz CT molecular complexity index is 734. The molecule has 0 bridgehead atoms. The molecule has 27 heavy (non-hydrogen) atoms. The van der Waals surface area contributed by atoms with E-state index in [9.17, 15) is 10.1 Å². The first-order valence-electron chi connectivity index (χ1n) is 9.69. The lowest BCUT2D eigenvalue weighted by Gasteiger charge is -2.40. The quantitative estimate of drug-likeness (QED) is 0.590. The maximum absolute atomic E-state index is 12.6. The molecule has 148 valence electrons. The van der Waals surface area contributed by atoms with E-state index in [1.807, 2.05) is 13.0 Å². The minimum Gasteiger partial charge on any atom is -0.379 e. The van der Waals surface area contributed by atoms with E-state index in [-0.39, 0.29) is 17.0 Å². The fraction of sp³-hybridized carbons (Fsp3) is 0.619. The Kier molecular flexibility index (Phi) is 7.23. The Morgan fingerprint density at radius 1 is 1.37 bits per heavy atom. The molecule has 0 aliphatic carbocycles. The number of nitrogens with one attached hydrogen (secondary N) is 1. The molecule has 0 atom stereocenters. The first kappa shape index (κ1) is 21.2. The van der Waals surface area contributed by atoms with Crippen molar-refractivity contribution in [3.05, 3.63) is 28.6 Å². The fourth-order valence-corrected chi connectivity index (χ4v) is 3.52. The number of carbonyl (C=O) groups excluding carboxylic acids is 1. The molecule has 0 aromatic carbocycles. The van der Waals surface area contributed by atoms with Crippen LogP contribution >= 0.6 is 0 Å². The molecule has 1 fully saturated rings. The van der Waals surface area contributed by atoms with E-state index in [0.29, 0.717) is 19.8 Å². The Hall–Kier alpha value is -2.10. The average molecular weight is 373 g/mol. The van der Waals surface area contributed by atoms with Crippen LogP contribution in [0.2, 0.25) is 0 Å². The third-order valence-corrected chi connectivity index (χ3v) is 5.27. The molecule has 0 saturated carbocycles. The van der Waals surface area contributed by atoms with Gasteiger partial charge in [0.15, 0.2) is 0 Å². The van der Waals surface area contributed by atoms with Gasteiger partial charge >= 0.3 is 0 Å². The topological polar surface area (TPSA) is 70.3 Å². The average Bonchev–Trinajstić information content (AvgIpc) is 2.92. The minimum absolute atomic E-state index is 0.143. The van der Waals surface area contributed by atoms with Crippen molar-refractivity contribution in [1.29, 1.82) is 5.26 Å². The predicted octanol–water partition coefficient (Wildman–Crippen LogP) is 2.65. The van der Waals surface area contributed by atoms with E-state index in [1.54, 1.807) is 6.08 Å². The highest BCUT2D eigenvalue weighted by Gasteiger charge is 2.29. The molecular formula is C21H32N4O2. The molecule has 1 aromatic heterocycles. The Labute approximate surface area is 162 Å². The van der Waals surface area contributed by atoms with Crippen molar-refractivity contribution in [3.8, 4) is 6.07 Å². The fourth-order valence-electron chi connectivity index (χ4n) is 3.52. The number of carbonyl (C=O) groups is 1. The lowest BCUT2D eigenvalue weighted by Crippen LogP contribution is -2.55. The van der Waals surface area contributed by atoms with Gasteiger partial charge in [-0.15, -0.1) is 0 Å². The normalized spacial score (nSPS) is 16.2. The van der Waals surface area contributed by atoms with E-state index < -0.39 is 0 Å². The number of morpholine rings is 1. The molecule has 1 N–H and O–H groups in total. The van der Waals surface area contributed by atoms with Gasteiger partial charge < -0.3 is 14.6 Å². The van der Waals surface area contributed by atoms with Gasteiger partial charge in [-0.2, -0.15) is 5.26 Å². The molecule has 1 saturated heterocycles. The molecule has 6 nitrogen and oxygen atoms in total. The largest absolute Gasteiger partial charge is 0.379 e. The second kappa shape index (κ2) is 9.20. The molecule has 0 radical (unpaired) electrons. The van der Waals surface area contributed by atoms with E-state index in [1.165, 1.54) is 0 Å². The maximum Gasteiger partial charge on any atom is 0.262 e. The molecule has 1 aliphatic heterocycles. The van der Waals surface area contributed by atoms with Crippen LogP contribution in [-0.4, -0.2) is 53.8 Å². The number of rotatable bonds is 7. The van der Waals surface area contributed by atoms with Gasteiger partial charge in [0.2, 0.25) is 0 Å². The SMILES string of the molecule is CCCn1c(C)cc(/C=C(/C#N)C(=O)NCC(C)(C)N2CCOCC2)c1C. The summed E-state index contributed by atoms with van der Waals surface area (Å²) < 4.78 is 7.62. The van der Waals surface area contributed by atoms with Gasteiger partial charge in [-0.1, -0.05) is 6.92 Å². The summed E-state index contributed by atoms with van der Waals surface area (Å²) in [7, 11) is 0. The van der Waals surface area contributed by atoms with Crippen LogP contribution in [0, 0.1) is 25.2 Å². The zero-order valence-electron chi connectivity index (χ0n) is 17.3. The number of ether oxygens (including phenoxy) is 1. The highest BCUT2D eigenvalue weighted by atomic mass is 16.5.